The fraction of sp³-hybridized carbons (Fsp3) is 0.600. The molecule has 0 aromatic heterocycles. The first-order valence-electron chi connectivity index (χ1n) is 6.80. The highest BCUT2D eigenvalue weighted by molar-refractivity contribution is 5.44. The summed E-state index contributed by atoms with van der Waals surface area (Å²) < 4.78 is 5.99. The van der Waals surface area contributed by atoms with Crippen LogP contribution < -0.4 is 15.8 Å². The van der Waals surface area contributed by atoms with Crippen LogP contribution in [0.2, 0.25) is 0 Å². The Hall–Kier alpha value is -1.06. The quantitative estimate of drug-likeness (QED) is 0.711. The maximum absolute atomic E-state index is 5.99. The zero-order valence-electron chi connectivity index (χ0n) is 12.3. The van der Waals surface area contributed by atoms with E-state index < -0.39 is 0 Å². The standard InChI is InChI=1S/C15H26N2O/c1-12-6-5-7-13(15(2,3)4)14(12)18-11-10-17-9-8-16/h5-7,17H,8-11,16H2,1-4H3/p+2. The van der Waals surface area contributed by atoms with Crippen molar-refractivity contribution in [3.05, 3.63) is 29.3 Å². The smallest absolute Gasteiger partial charge is 0.137 e. The SMILES string of the molecule is Cc1cccc(C(C)(C)C)c1OCC[NH2+]CC[NH3+]. The lowest BCUT2D eigenvalue weighted by molar-refractivity contribution is -0.670. The van der Waals surface area contributed by atoms with Crippen molar-refractivity contribution in [2.24, 2.45) is 0 Å². The van der Waals surface area contributed by atoms with Gasteiger partial charge >= 0.3 is 0 Å². The Bertz CT molecular complexity index is 369. The number of para-hydroxylation sites is 1. The van der Waals surface area contributed by atoms with Gasteiger partial charge in [-0.1, -0.05) is 39.0 Å². The molecule has 0 unspecified atom stereocenters. The molecule has 3 nitrogen and oxygen atoms in total. The van der Waals surface area contributed by atoms with Gasteiger partial charge in [0.25, 0.3) is 0 Å². The predicted octanol–water partition coefficient (Wildman–Crippen LogP) is 0.477. The molecule has 1 aromatic rings. The molecule has 0 fully saturated rings. The van der Waals surface area contributed by atoms with E-state index in [1.165, 1.54) is 11.1 Å². The Morgan fingerprint density at radius 2 is 1.94 bits per heavy atom. The number of aryl methyl sites for hydroxylation is 1. The van der Waals surface area contributed by atoms with Crippen LogP contribution in [0.3, 0.4) is 0 Å². The first-order valence-corrected chi connectivity index (χ1v) is 6.80. The van der Waals surface area contributed by atoms with E-state index in [1.54, 1.807) is 0 Å². The third-order valence-electron chi connectivity index (χ3n) is 3.00. The highest BCUT2D eigenvalue weighted by atomic mass is 16.5. The van der Waals surface area contributed by atoms with E-state index in [0.717, 1.165) is 32.0 Å². The molecule has 0 bridgehead atoms. The minimum atomic E-state index is 0.123. The van der Waals surface area contributed by atoms with Crippen molar-refractivity contribution in [2.45, 2.75) is 33.1 Å². The van der Waals surface area contributed by atoms with Gasteiger partial charge in [0.2, 0.25) is 0 Å². The summed E-state index contributed by atoms with van der Waals surface area (Å²) in [5.74, 6) is 1.06. The minimum Gasteiger partial charge on any atom is -0.487 e. The van der Waals surface area contributed by atoms with E-state index in [0.29, 0.717) is 0 Å². The number of hydrogen-bond acceptors (Lipinski definition) is 1. The molecule has 0 saturated heterocycles. The average Bonchev–Trinajstić information content (AvgIpc) is 2.29. The third-order valence-corrected chi connectivity index (χ3v) is 3.00. The number of quaternary nitrogens is 2. The number of rotatable bonds is 6. The van der Waals surface area contributed by atoms with Gasteiger partial charge < -0.3 is 15.8 Å². The Morgan fingerprint density at radius 3 is 2.56 bits per heavy atom. The van der Waals surface area contributed by atoms with E-state index in [4.69, 9.17) is 4.74 Å². The molecule has 3 heteroatoms. The first kappa shape index (κ1) is 15.0. The molecule has 18 heavy (non-hydrogen) atoms. The molecule has 0 atom stereocenters. The van der Waals surface area contributed by atoms with E-state index in [2.05, 4.69) is 56.9 Å². The third kappa shape index (κ3) is 4.31. The van der Waals surface area contributed by atoms with Gasteiger partial charge in [0.15, 0.2) is 0 Å². The van der Waals surface area contributed by atoms with Crippen molar-refractivity contribution in [1.29, 1.82) is 0 Å². The summed E-state index contributed by atoms with van der Waals surface area (Å²) >= 11 is 0. The molecule has 0 aliphatic heterocycles. The molecular formula is C15H28N2O+2. The molecule has 5 N–H and O–H groups in total. The van der Waals surface area contributed by atoms with Gasteiger partial charge in [0, 0.05) is 0 Å². The van der Waals surface area contributed by atoms with Crippen LogP contribution in [0.5, 0.6) is 5.75 Å². The molecule has 0 aliphatic rings. The molecule has 0 radical (unpaired) electrons. The van der Waals surface area contributed by atoms with Gasteiger partial charge in [-0.3, -0.25) is 0 Å². The maximum Gasteiger partial charge on any atom is 0.137 e. The summed E-state index contributed by atoms with van der Waals surface area (Å²) in [6, 6.07) is 6.39. The summed E-state index contributed by atoms with van der Waals surface area (Å²) in [6.45, 7) is 12.6. The zero-order valence-corrected chi connectivity index (χ0v) is 12.3. The number of benzene rings is 1. The van der Waals surface area contributed by atoms with Crippen LogP contribution in [-0.2, 0) is 5.41 Å². The molecule has 1 rings (SSSR count). The Labute approximate surface area is 111 Å². The van der Waals surface area contributed by atoms with Gasteiger partial charge in [-0.25, -0.2) is 0 Å². The highest BCUT2D eigenvalue weighted by Gasteiger charge is 2.20. The molecular weight excluding hydrogens is 224 g/mol. The van der Waals surface area contributed by atoms with Crippen molar-refractivity contribution in [3.8, 4) is 5.75 Å². The van der Waals surface area contributed by atoms with Crippen LogP contribution in [0.25, 0.3) is 0 Å². The Kier molecular flexibility index (Phi) is 5.63. The lowest BCUT2D eigenvalue weighted by Crippen LogP contribution is -2.88. The van der Waals surface area contributed by atoms with E-state index in [9.17, 15) is 0 Å². The molecule has 102 valence electrons. The summed E-state index contributed by atoms with van der Waals surface area (Å²) in [5, 5.41) is 2.25. The van der Waals surface area contributed by atoms with Crippen LogP contribution >= 0.6 is 0 Å². The fourth-order valence-corrected chi connectivity index (χ4v) is 1.97. The molecule has 0 spiro atoms. The van der Waals surface area contributed by atoms with Crippen LogP contribution in [0.4, 0.5) is 0 Å². The molecule has 0 heterocycles. The van der Waals surface area contributed by atoms with E-state index in [-0.39, 0.29) is 5.41 Å². The monoisotopic (exact) mass is 252 g/mol. The zero-order chi connectivity index (χ0) is 13.6. The van der Waals surface area contributed by atoms with Crippen LogP contribution in [-0.4, -0.2) is 26.2 Å². The van der Waals surface area contributed by atoms with Crippen molar-refractivity contribution >= 4 is 0 Å². The molecule has 0 aliphatic carbocycles. The topological polar surface area (TPSA) is 53.5 Å². The Balaban J connectivity index is 2.69. The number of nitrogens with two attached hydrogens (primary N) is 1. The average molecular weight is 252 g/mol. The van der Waals surface area contributed by atoms with Crippen molar-refractivity contribution in [3.63, 3.8) is 0 Å². The van der Waals surface area contributed by atoms with E-state index >= 15 is 0 Å². The largest absolute Gasteiger partial charge is 0.487 e. The predicted molar refractivity (Wildman–Crippen MR) is 74.8 cm³/mol. The first-order chi connectivity index (χ1) is 8.46. The van der Waals surface area contributed by atoms with Crippen LogP contribution in [0.15, 0.2) is 18.2 Å². The summed E-state index contributed by atoms with van der Waals surface area (Å²) in [5.41, 5.74) is 6.47. The maximum atomic E-state index is 5.99. The van der Waals surface area contributed by atoms with Crippen LogP contribution in [0, 0.1) is 6.92 Å². The summed E-state index contributed by atoms with van der Waals surface area (Å²) in [6.07, 6.45) is 0. The molecule has 1 aromatic carbocycles. The normalized spacial score (nSPS) is 11.6. The number of hydrogen-bond donors (Lipinski definition) is 2. The van der Waals surface area contributed by atoms with Gasteiger partial charge in [0.1, 0.15) is 32.0 Å². The van der Waals surface area contributed by atoms with Crippen molar-refractivity contribution < 1.29 is 15.8 Å². The van der Waals surface area contributed by atoms with Crippen LogP contribution in [0.1, 0.15) is 31.9 Å². The second kappa shape index (κ2) is 6.76. The lowest BCUT2D eigenvalue weighted by Gasteiger charge is -2.24. The molecule has 0 amide bonds. The lowest BCUT2D eigenvalue weighted by atomic mass is 9.85. The highest BCUT2D eigenvalue weighted by Crippen LogP contribution is 2.33. The van der Waals surface area contributed by atoms with Gasteiger partial charge in [0.05, 0.1) is 0 Å². The van der Waals surface area contributed by atoms with Crippen molar-refractivity contribution in [1.82, 2.24) is 0 Å². The van der Waals surface area contributed by atoms with Gasteiger partial charge in [-0.15, -0.1) is 0 Å². The summed E-state index contributed by atoms with van der Waals surface area (Å²) in [4.78, 5) is 0. The molecule has 0 saturated carbocycles. The minimum absolute atomic E-state index is 0.123. The fourth-order valence-electron chi connectivity index (χ4n) is 1.97. The van der Waals surface area contributed by atoms with E-state index in [1.807, 2.05) is 0 Å². The number of ether oxygens (including phenoxy) is 1. The summed E-state index contributed by atoms with van der Waals surface area (Å²) in [7, 11) is 0. The van der Waals surface area contributed by atoms with Gasteiger partial charge in [-0.2, -0.15) is 0 Å². The van der Waals surface area contributed by atoms with Crippen molar-refractivity contribution in [2.75, 3.05) is 26.2 Å². The Morgan fingerprint density at radius 1 is 1.22 bits per heavy atom. The second-order valence-electron chi connectivity index (χ2n) is 5.77. The van der Waals surface area contributed by atoms with Gasteiger partial charge in [-0.05, 0) is 23.5 Å². The second-order valence-corrected chi connectivity index (χ2v) is 5.77.